The SMILES string of the molecule is CCCCCCC[N+](CC)(CC)S(=O)(=O)NC(=O)O.[OH-]. The van der Waals surface area contributed by atoms with Crippen molar-refractivity contribution in [2.24, 2.45) is 0 Å². The summed E-state index contributed by atoms with van der Waals surface area (Å²) in [5.41, 5.74) is 0. The molecule has 0 bridgehead atoms. The van der Waals surface area contributed by atoms with E-state index in [1.54, 1.807) is 18.6 Å². The molecule has 0 aliphatic heterocycles. The second kappa shape index (κ2) is 9.95. The maximum absolute atomic E-state index is 12.1. The highest BCUT2D eigenvalue weighted by Crippen LogP contribution is 2.16. The molecule has 7 nitrogen and oxygen atoms in total. The second-order valence-electron chi connectivity index (χ2n) is 4.71. The Kier molecular flexibility index (Phi) is 10.7. The van der Waals surface area contributed by atoms with Crippen molar-refractivity contribution in [3.8, 4) is 0 Å². The van der Waals surface area contributed by atoms with Crippen molar-refractivity contribution in [1.29, 1.82) is 0 Å². The summed E-state index contributed by atoms with van der Waals surface area (Å²) >= 11 is 0. The van der Waals surface area contributed by atoms with Gasteiger partial charge in [-0.1, -0.05) is 26.2 Å². The van der Waals surface area contributed by atoms with Gasteiger partial charge in [0.05, 0.1) is 19.6 Å². The Balaban J connectivity index is 0. The molecule has 0 aliphatic rings. The van der Waals surface area contributed by atoms with Gasteiger partial charge in [0.15, 0.2) is 0 Å². The molecule has 0 aliphatic carbocycles. The monoisotopic (exact) mass is 312 g/mol. The van der Waals surface area contributed by atoms with Crippen LogP contribution in [0.1, 0.15) is 52.9 Å². The number of hydrogen-bond acceptors (Lipinski definition) is 4. The minimum Gasteiger partial charge on any atom is -0.870 e. The number of unbranched alkanes of at least 4 members (excludes halogenated alkanes) is 4. The zero-order chi connectivity index (χ0) is 14.9. The fourth-order valence-corrected chi connectivity index (χ4v) is 3.67. The first-order valence-electron chi connectivity index (χ1n) is 6.97. The maximum atomic E-state index is 12.1. The zero-order valence-corrected chi connectivity index (χ0v) is 13.4. The molecule has 0 saturated heterocycles. The zero-order valence-electron chi connectivity index (χ0n) is 12.6. The molecule has 0 aromatic heterocycles. The van der Waals surface area contributed by atoms with Crippen LogP contribution in [0.4, 0.5) is 4.79 Å². The Morgan fingerprint density at radius 1 is 1.05 bits per heavy atom. The van der Waals surface area contributed by atoms with Crippen molar-refractivity contribution >= 4 is 16.3 Å². The lowest BCUT2D eigenvalue weighted by molar-refractivity contribution is -0.803. The number of nitrogens with zero attached hydrogens (tertiary/aromatic N) is 1. The van der Waals surface area contributed by atoms with E-state index in [0.29, 0.717) is 19.6 Å². The van der Waals surface area contributed by atoms with Crippen LogP contribution < -0.4 is 4.72 Å². The quantitative estimate of drug-likeness (QED) is 0.474. The van der Waals surface area contributed by atoms with E-state index in [4.69, 9.17) is 5.11 Å². The largest absolute Gasteiger partial charge is 0.870 e. The molecule has 0 fully saturated rings. The van der Waals surface area contributed by atoms with Gasteiger partial charge in [0, 0.05) is 0 Å². The standard InChI is InChI=1S/C12H26N2O4S.H2O/c1-4-7-8-9-10-11-14(5-2,6-3)19(17,18)13-12(15)16;/h13H,4-11H2,1-3H3;1H2. The number of nitrogens with one attached hydrogen (secondary N) is 1. The van der Waals surface area contributed by atoms with E-state index in [0.717, 1.165) is 32.1 Å². The van der Waals surface area contributed by atoms with Crippen LogP contribution in [0.3, 0.4) is 0 Å². The fourth-order valence-electron chi connectivity index (χ4n) is 2.21. The van der Waals surface area contributed by atoms with Gasteiger partial charge in [-0.3, -0.25) is 0 Å². The van der Waals surface area contributed by atoms with Crippen LogP contribution in [0.25, 0.3) is 0 Å². The molecule has 0 aromatic rings. The molecular weight excluding hydrogens is 284 g/mol. The van der Waals surface area contributed by atoms with Gasteiger partial charge in [0.1, 0.15) is 0 Å². The van der Waals surface area contributed by atoms with E-state index in [1.165, 1.54) is 0 Å². The molecule has 0 radical (unpaired) electrons. The first-order chi connectivity index (χ1) is 8.85. The number of quaternary nitrogens is 1. The summed E-state index contributed by atoms with van der Waals surface area (Å²) in [7, 11) is -3.89. The minimum absolute atomic E-state index is 0. The van der Waals surface area contributed by atoms with Gasteiger partial charge in [0.2, 0.25) is 0 Å². The molecule has 0 unspecified atom stereocenters. The van der Waals surface area contributed by atoms with Crippen molar-refractivity contribution < 1.29 is 27.7 Å². The highest BCUT2D eigenvalue weighted by molar-refractivity contribution is 7.84. The average Bonchev–Trinajstić information content (AvgIpc) is 2.32. The van der Waals surface area contributed by atoms with E-state index in [-0.39, 0.29) is 9.36 Å². The molecule has 0 saturated carbocycles. The van der Waals surface area contributed by atoms with Crippen LogP contribution in [-0.4, -0.2) is 48.6 Å². The van der Waals surface area contributed by atoms with Crippen molar-refractivity contribution in [2.75, 3.05) is 19.6 Å². The Hall–Kier alpha value is -0.860. The summed E-state index contributed by atoms with van der Waals surface area (Å²) in [5.74, 6) is 0. The molecule has 0 atom stereocenters. The minimum atomic E-state index is -3.89. The predicted molar refractivity (Wildman–Crippen MR) is 77.0 cm³/mol. The predicted octanol–water partition coefficient (Wildman–Crippen LogP) is 2.15. The number of carbonyl (C=O) groups is 1. The first-order valence-corrected chi connectivity index (χ1v) is 8.41. The molecule has 20 heavy (non-hydrogen) atoms. The molecule has 3 N–H and O–H groups in total. The summed E-state index contributed by atoms with van der Waals surface area (Å²) in [6, 6.07) is 0. The number of amides is 1. The molecule has 122 valence electrons. The highest BCUT2D eigenvalue weighted by atomic mass is 32.2. The summed E-state index contributed by atoms with van der Waals surface area (Å²) in [4.78, 5) is 10.6. The van der Waals surface area contributed by atoms with Gasteiger partial charge in [-0.2, -0.15) is 13.1 Å². The van der Waals surface area contributed by atoms with E-state index in [1.807, 2.05) is 0 Å². The van der Waals surface area contributed by atoms with Gasteiger partial charge in [-0.15, -0.1) is 0 Å². The van der Waals surface area contributed by atoms with Gasteiger partial charge in [0.25, 0.3) is 0 Å². The van der Waals surface area contributed by atoms with E-state index < -0.39 is 16.3 Å². The molecule has 1 amide bonds. The first kappa shape index (κ1) is 21.4. The molecule has 0 spiro atoms. The molecular formula is C12H28N2O5S. The average molecular weight is 312 g/mol. The third-order valence-corrected chi connectivity index (χ3v) is 5.70. The van der Waals surface area contributed by atoms with E-state index in [9.17, 15) is 13.2 Å². The maximum Gasteiger partial charge on any atom is 0.422 e. The smallest absolute Gasteiger partial charge is 0.422 e. The van der Waals surface area contributed by atoms with Crippen LogP contribution in [0.15, 0.2) is 0 Å². The topological polar surface area (TPSA) is 113 Å². The van der Waals surface area contributed by atoms with Crippen LogP contribution in [-0.2, 0) is 10.2 Å². The number of rotatable bonds is 10. The van der Waals surface area contributed by atoms with Crippen LogP contribution in [0, 0.1) is 0 Å². The van der Waals surface area contributed by atoms with Crippen molar-refractivity contribution in [2.45, 2.75) is 52.9 Å². The van der Waals surface area contributed by atoms with Crippen molar-refractivity contribution in [3.63, 3.8) is 0 Å². The van der Waals surface area contributed by atoms with Crippen molar-refractivity contribution in [1.82, 2.24) is 4.72 Å². The highest BCUT2D eigenvalue weighted by Gasteiger charge is 2.39. The number of carboxylic acid groups (broad SMARTS) is 1. The molecule has 0 rings (SSSR count). The second-order valence-corrected chi connectivity index (χ2v) is 6.64. The molecule has 8 heteroatoms. The summed E-state index contributed by atoms with van der Waals surface area (Å²) in [5, 5.41) is 8.64. The van der Waals surface area contributed by atoms with Gasteiger partial charge >= 0.3 is 16.3 Å². The Bertz CT molecular complexity index is 366. The van der Waals surface area contributed by atoms with Gasteiger partial charge in [-0.25, -0.2) is 8.68 Å². The lowest BCUT2D eigenvalue weighted by Gasteiger charge is -2.34. The van der Waals surface area contributed by atoms with Gasteiger partial charge in [-0.05, 0) is 26.7 Å². The summed E-state index contributed by atoms with van der Waals surface area (Å²) in [6.45, 7) is 6.87. The number of hydrogen-bond donors (Lipinski definition) is 2. The normalized spacial score (nSPS) is 11.8. The van der Waals surface area contributed by atoms with E-state index >= 15 is 0 Å². The van der Waals surface area contributed by atoms with Crippen LogP contribution in [0.2, 0.25) is 0 Å². The Morgan fingerprint density at radius 3 is 1.95 bits per heavy atom. The molecule has 0 aromatic carbocycles. The molecule has 0 heterocycles. The third-order valence-electron chi connectivity index (χ3n) is 3.55. The summed E-state index contributed by atoms with van der Waals surface area (Å²) in [6.07, 6.45) is 3.64. The lowest BCUT2D eigenvalue weighted by atomic mass is 10.1. The Morgan fingerprint density at radius 2 is 1.55 bits per heavy atom. The fraction of sp³-hybridized carbons (Fsp3) is 0.917. The summed E-state index contributed by atoms with van der Waals surface area (Å²) < 4.78 is 25.7. The lowest BCUT2D eigenvalue weighted by Crippen LogP contribution is -2.58. The third kappa shape index (κ3) is 6.06. The van der Waals surface area contributed by atoms with E-state index in [2.05, 4.69) is 6.92 Å². The van der Waals surface area contributed by atoms with Gasteiger partial charge < -0.3 is 10.6 Å². The Labute approximate surface area is 122 Å². The van der Waals surface area contributed by atoms with Crippen LogP contribution in [0.5, 0.6) is 0 Å². The van der Waals surface area contributed by atoms with Crippen molar-refractivity contribution in [3.05, 3.63) is 0 Å². The van der Waals surface area contributed by atoms with Crippen LogP contribution >= 0.6 is 0 Å².